The summed E-state index contributed by atoms with van der Waals surface area (Å²) in [5.41, 5.74) is 1.78. The Bertz CT molecular complexity index is 1270. The molecule has 0 N–H and O–H groups in total. The molecule has 1 amide bonds. The zero-order valence-corrected chi connectivity index (χ0v) is 17.9. The predicted octanol–water partition coefficient (Wildman–Crippen LogP) is 2.30. The van der Waals surface area contributed by atoms with Crippen molar-refractivity contribution in [3.8, 4) is 0 Å². The lowest BCUT2D eigenvalue weighted by atomic mass is 10.2. The summed E-state index contributed by atoms with van der Waals surface area (Å²) in [5, 5.41) is 1.19. The van der Waals surface area contributed by atoms with E-state index in [2.05, 4.69) is 0 Å². The van der Waals surface area contributed by atoms with Crippen molar-refractivity contribution in [2.75, 3.05) is 26.2 Å². The van der Waals surface area contributed by atoms with Gasteiger partial charge < -0.3 is 9.32 Å². The molecule has 0 aliphatic carbocycles. The molecule has 1 aliphatic rings. The molecule has 1 unspecified atom stereocenters. The quantitative estimate of drug-likeness (QED) is 0.606. The summed E-state index contributed by atoms with van der Waals surface area (Å²) in [6.45, 7) is 2.55. The Kier molecular flexibility index (Phi) is 5.79. The van der Waals surface area contributed by atoms with Crippen LogP contribution in [0.1, 0.15) is 18.5 Å². The highest BCUT2D eigenvalue weighted by molar-refractivity contribution is 7.92. The average Bonchev–Trinajstić information content (AvgIpc) is 3.13. The van der Waals surface area contributed by atoms with Crippen molar-refractivity contribution in [1.29, 1.82) is 0 Å². The van der Waals surface area contributed by atoms with Crippen LogP contribution in [0.4, 0.5) is 0 Å². The van der Waals surface area contributed by atoms with E-state index in [4.69, 9.17) is 4.42 Å². The zero-order chi connectivity index (χ0) is 22.0. The third kappa shape index (κ3) is 4.33. The van der Waals surface area contributed by atoms with Gasteiger partial charge in [-0.3, -0.25) is 9.36 Å². The van der Waals surface area contributed by atoms with Crippen molar-refractivity contribution in [1.82, 2.24) is 13.8 Å². The third-order valence-electron chi connectivity index (χ3n) is 5.41. The Hall–Kier alpha value is -3.17. The second kappa shape index (κ2) is 8.52. The van der Waals surface area contributed by atoms with Crippen LogP contribution in [0.5, 0.6) is 0 Å². The van der Waals surface area contributed by atoms with Gasteiger partial charge in [0.1, 0.15) is 6.04 Å². The molecule has 2 aromatic carbocycles. The Morgan fingerprint density at radius 3 is 2.35 bits per heavy atom. The first-order valence-electron chi connectivity index (χ1n) is 9.99. The van der Waals surface area contributed by atoms with Crippen molar-refractivity contribution in [3.63, 3.8) is 0 Å². The topological polar surface area (TPSA) is 92.8 Å². The molecule has 1 aliphatic heterocycles. The number of fused-ring (bicyclic) bond motifs is 1. The number of carbonyl (C=O) groups is 1. The van der Waals surface area contributed by atoms with Crippen LogP contribution in [0, 0.1) is 0 Å². The monoisotopic (exact) mass is 441 g/mol. The fourth-order valence-corrected chi connectivity index (χ4v) is 4.88. The molecule has 3 aromatic rings. The lowest BCUT2D eigenvalue weighted by molar-refractivity contribution is -0.135. The number of amides is 1. The van der Waals surface area contributed by atoms with Gasteiger partial charge in [-0.05, 0) is 30.7 Å². The minimum atomic E-state index is -3.59. The summed E-state index contributed by atoms with van der Waals surface area (Å²) < 4.78 is 33.2. The van der Waals surface area contributed by atoms with Crippen molar-refractivity contribution in [2.45, 2.75) is 13.0 Å². The molecule has 162 valence electrons. The molecule has 0 saturated carbocycles. The minimum Gasteiger partial charge on any atom is -0.408 e. The van der Waals surface area contributed by atoms with Gasteiger partial charge in [-0.15, -0.1) is 0 Å². The van der Waals surface area contributed by atoms with Crippen molar-refractivity contribution in [3.05, 3.63) is 76.1 Å². The average molecular weight is 442 g/mol. The normalized spacial score (nSPS) is 16.7. The molecule has 0 radical (unpaired) electrons. The van der Waals surface area contributed by atoms with E-state index < -0.39 is 21.8 Å². The fourth-order valence-electron chi connectivity index (χ4n) is 3.70. The van der Waals surface area contributed by atoms with E-state index in [1.54, 1.807) is 42.2 Å². The molecule has 8 nitrogen and oxygen atoms in total. The maximum atomic E-state index is 13.0. The second-order valence-corrected chi connectivity index (χ2v) is 9.18. The third-order valence-corrected chi connectivity index (χ3v) is 6.97. The summed E-state index contributed by atoms with van der Waals surface area (Å²) in [4.78, 5) is 26.9. The summed E-state index contributed by atoms with van der Waals surface area (Å²) >= 11 is 0. The Morgan fingerprint density at radius 2 is 1.65 bits per heavy atom. The van der Waals surface area contributed by atoms with E-state index in [0.717, 1.165) is 5.56 Å². The fraction of sp³-hybridized carbons (Fsp3) is 0.273. The Labute approximate surface area is 180 Å². The molecule has 4 rings (SSSR count). The molecule has 0 bridgehead atoms. The molecular formula is C22H23N3O5S. The predicted molar refractivity (Wildman–Crippen MR) is 118 cm³/mol. The summed E-state index contributed by atoms with van der Waals surface area (Å²) in [5.74, 6) is -0.833. The lowest BCUT2D eigenvalue weighted by Gasteiger charge is -2.34. The number of benzene rings is 2. The number of piperazine rings is 1. The van der Waals surface area contributed by atoms with E-state index >= 15 is 0 Å². The highest BCUT2D eigenvalue weighted by Crippen LogP contribution is 2.20. The minimum absolute atomic E-state index is 0.195. The van der Waals surface area contributed by atoms with Crippen LogP contribution in [-0.4, -0.2) is 54.3 Å². The van der Waals surface area contributed by atoms with Gasteiger partial charge >= 0.3 is 5.76 Å². The van der Waals surface area contributed by atoms with Gasteiger partial charge in [0.15, 0.2) is 5.58 Å². The molecule has 1 aromatic heterocycles. The Morgan fingerprint density at radius 1 is 1.00 bits per heavy atom. The number of nitrogens with zero attached hydrogens (tertiary/aromatic N) is 3. The first kappa shape index (κ1) is 21.1. The first-order valence-corrected chi connectivity index (χ1v) is 11.5. The van der Waals surface area contributed by atoms with E-state index in [0.29, 0.717) is 11.1 Å². The van der Waals surface area contributed by atoms with Crippen LogP contribution in [0.2, 0.25) is 0 Å². The summed E-state index contributed by atoms with van der Waals surface area (Å²) in [6.07, 6.45) is 1.56. The van der Waals surface area contributed by atoms with Crippen LogP contribution in [0.25, 0.3) is 17.2 Å². The molecule has 0 spiro atoms. The molecule has 2 heterocycles. The van der Waals surface area contributed by atoms with Crippen LogP contribution in [0.15, 0.2) is 69.2 Å². The highest BCUT2D eigenvalue weighted by atomic mass is 32.2. The number of aromatic nitrogens is 1. The SMILES string of the molecule is CC(C(=O)N1CCN(S(=O)(=O)/C=C/c2ccccc2)CC1)n1c(=O)oc2ccccc21. The Balaban J connectivity index is 1.43. The second-order valence-electron chi connectivity index (χ2n) is 7.36. The van der Waals surface area contributed by atoms with Gasteiger partial charge in [0, 0.05) is 31.6 Å². The lowest BCUT2D eigenvalue weighted by Crippen LogP contribution is -2.51. The van der Waals surface area contributed by atoms with Crippen molar-refractivity contribution < 1.29 is 17.6 Å². The van der Waals surface area contributed by atoms with Gasteiger partial charge in [0.2, 0.25) is 15.9 Å². The molecular weight excluding hydrogens is 418 g/mol. The van der Waals surface area contributed by atoms with Crippen LogP contribution in [-0.2, 0) is 14.8 Å². The molecule has 1 saturated heterocycles. The number of rotatable bonds is 5. The highest BCUT2D eigenvalue weighted by Gasteiger charge is 2.31. The van der Waals surface area contributed by atoms with E-state index in [1.807, 2.05) is 30.3 Å². The molecule has 9 heteroatoms. The maximum absolute atomic E-state index is 13.0. The molecule has 1 atom stereocenters. The van der Waals surface area contributed by atoms with E-state index in [1.165, 1.54) is 14.3 Å². The first-order chi connectivity index (χ1) is 14.9. The van der Waals surface area contributed by atoms with Gasteiger partial charge in [0.05, 0.1) is 5.52 Å². The number of carbonyl (C=O) groups excluding carboxylic acids is 1. The zero-order valence-electron chi connectivity index (χ0n) is 17.0. The standard InChI is InChI=1S/C22H23N3O5S/c1-17(25-19-9-5-6-10-20(19)30-22(25)27)21(26)23-12-14-24(15-13-23)31(28,29)16-11-18-7-3-2-4-8-18/h2-11,16-17H,12-15H2,1H3/b16-11+. The number of para-hydroxylation sites is 2. The molecule has 31 heavy (non-hydrogen) atoms. The van der Waals surface area contributed by atoms with Crippen molar-refractivity contribution >= 4 is 33.1 Å². The van der Waals surface area contributed by atoms with Gasteiger partial charge in [0.25, 0.3) is 0 Å². The van der Waals surface area contributed by atoms with Crippen LogP contribution >= 0.6 is 0 Å². The number of hydrogen-bond acceptors (Lipinski definition) is 5. The maximum Gasteiger partial charge on any atom is 0.420 e. The van der Waals surface area contributed by atoms with Gasteiger partial charge in [-0.25, -0.2) is 13.2 Å². The smallest absolute Gasteiger partial charge is 0.408 e. The van der Waals surface area contributed by atoms with Gasteiger partial charge in [-0.1, -0.05) is 42.5 Å². The van der Waals surface area contributed by atoms with Gasteiger partial charge in [-0.2, -0.15) is 4.31 Å². The summed E-state index contributed by atoms with van der Waals surface area (Å²) in [7, 11) is -3.59. The van der Waals surface area contributed by atoms with Crippen LogP contribution < -0.4 is 5.76 Å². The van der Waals surface area contributed by atoms with Crippen molar-refractivity contribution in [2.24, 2.45) is 0 Å². The largest absolute Gasteiger partial charge is 0.420 e. The van der Waals surface area contributed by atoms with E-state index in [9.17, 15) is 18.0 Å². The van der Waals surface area contributed by atoms with Crippen LogP contribution in [0.3, 0.4) is 0 Å². The number of hydrogen-bond donors (Lipinski definition) is 0. The number of sulfonamides is 1. The summed E-state index contributed by atoms with van der Waals surface area (Å²) in [6, 6.07) is 15.4. The molecule has 1 fully saturated rings. The van der Waals surface area contributed by atoms with E-state index in [-0.39, 0.29) is 32.1 Å². The number of oxazole rings is 1.